The molecule has 0 saturated carbocycles. The summed E-state index contributed by atoms with van der Waals surface area (Å²) in [4.78, 5) is 11.9. The highest BCUT2D eigenvalue weighted by atomic mass is 14.9. The molecule has 2 aromatic heterocycles. The number of hydrogen-bond acceptors (Lipinski definition) is 2. The van der Waals surface area contributed by atoms with Crippen molar-refractivity contribution in [3.8, 4) is 22.6 Å². The molecule has 0 bridgehead atoms. The van der Waals surface area contributed by atoms with Gasteiger partial charge in [-0.3, -0.25) is 4.98 Å². The first-order valence-corrected chi connectivity index (χ1v) is 6.27. The van der Waals surface area contributed by atoms with Crippen LogP contribution >= 0.6 is 0 Å². The molecule has 0 aliphatic heterocycles. The monoisotopic (exact) mass is 249 g/mol. The Kier molecular flexibility index (Phi) is 2.88. The molecule has 3 nitrogen and oxygen atoms in total. The van der Waals surface area contributed by atoms with Crippen LogP contribution in [0.2, 0.25) is 0 Å². The fourth-order valence-corrected chi connectivity index (χ4v) is 2.21. The first kappa shape index (κ1) is 11.7. The van der Waals surface area contributed by atoms with Gasteiger partial charge in [-0.2, -0.15) is 0 Å². The van der Waals surface area contributed by atoms with E-state index in [1.54, 1.807) is 6.20 Å². The van der Waals surface area contributed by atoms with Crippen LogP contribution in [0.5, 0.6) is 0 Å². The van der Waals surface area contributed by atoms with Crippen molar-refractivity contribution in [2.45, 2.75) is 13.8 Å². The number of nitrogens with zero attached hydrogens (tertiary/aromatic N) is 2. The molecule has 0 aliphatic carbocycles. The minimum Gasteiger partial charge on any atom is -0.338 e. The first-order valence-electron chi connectivity index (χ1n) is 6.27. The highest BCUT2D eigenvalue weighted by Crippen LogP contribution is 2.24. The summed E-state index contributed by atoms with van der Waals surface area (Å²) in [6.45, 7) is 4.20. The predicted molar refractivity (Wildman–Crippen MR) is 76.7 cm³/mol. The van der Waals surface area contributed by atoms with Crippen molar-refractivity contribution in [2.24, 2.45) is 0 Å². The molecule has 0 radical (unpaired) electrons. The normalized spacial score (nSPS) is 10.6. The van der Waals surface area contributed by atoms with Gasteiger partial charge in [-0.25, -0.2) is 4.98 Å². The molecule has 0 amide bonds. The summed E-state index contributed by atoms with van der Waals surface area (Å²) < 4.78 is 0. The fraction of sp³-hybridized carbons (Fsp3) is 0.125. The lowest BCUT2D eigenvalue weighted by atomic mass is 10.1. The Morgan fingerprint density at radius 2 is 1.95 bits per heavy atom. The molecule has 0 atom stereocenters. The van der Waals surface area contributed by atoms with Crippen LogP contribution in [-0.2, 0) is 0 Å². The van der Waals surface area contributed by atoms with Crippen LogP contribution in [0, 0.1) is 13.8 Å². The van der Waals surface area contributed by atoms with Crippen LogP contribution in [-0.4, -0.2) is 15.0 Å². The maximum absolute atomic E-state index is 4.47. The minimum atomic E-state index is 0.899. The number of rotatable bonds is 2. The second kappa shape index (κ2) is 4.69. The number of nitrogens with one attached hydrogen (secondary N) is 1. The van der Waals surface area contributed by atoms with Gasteiger partial charge in [0.15, 0.2) is 0 Å². The lowest BCUT2D eigenvalue weighted by Gasteiger charge is -2.03. The molecule has 3 aromatic rings. The van der Waals surface area contributed by atoms with E-state index in [1.165, 1.54) is 11.1 Å². The van der Waals surface area contributed by atoms with Crippen molar-refractivity contribution in [1.82, 2.24) is 15.0 Å². The number of aromatic amines is 1. The molecule has 3 rings (SSSR count). The standard InChI is InChI=1S/C16H15N3/c1-11-5-6-14(12(2)8-11)16-18-10-15(19-16)13-4-3-7-17-9-13/h3-10H,1-2H3,(H,18,19). The summed E-state index contributed by atoms with van der Waals surface area (Å²) in [7, 11) is 0. The maximum Gasteiger partial charge on any atom is 0.138 e. The van der Waals surface area contributed by atoms with Crippen molar-refractivity contribution >= 4 is 0 Å². The quantitative estimate of drug-likeness (QED) is 0.751. The summed E-state index contributed by atoms with van der Waals surface area (Å²) in [6, 6.07) is 10.3. The Morgan fingerprint density at radius 1 is 1.05 bits per heavy atom. The Bertz CT molecular complexity index is 699. The molecule has 2 heterocycles. The molecule has 0 fully saturated rings. The van der Waals surface area contributed by atoms with Crippen LogP contribution in [0.3, 0.4) is 0 Å². The van der Waals surface area contributed by atoms with Gasteiger partial charge in [0.2, 0.25) is 0 Å². The number of benzene rings is 1. The zero-order valence-electron chi connectivity index (χ0n) is 11.0. The lowest BCUT2D eigenvalue weighted by Crippen LogP contribution is -1.87. The molecule has 0 aliphatic rings. The third-order valence-corrected chi connectivity index (χ3v) is 3.19. The van der Waals surface area contributed by atoms with Crippen molar-refractivity contribution in [3.05, 3.63) is 60.0 Å². The number of aromatic nitrogens is 3. The minimum absolute atomic E-state index is 0.899. The van der Waals surface area contributed by atoms with Crippen molar-refractivity contribution in [3.63, 3.8) is 0 Å². The van der Waals surface area contributed by atoms with Crippen LogP contribution in [0.4, 0.5) is 0 Å². The van der Waals surface area contributed by atoms with Gasteiger partial charge in [0.25, 0.3) is 0 Å². The SMILES string of the molecule is Cc1ccc(-c2ncc(-c3cccnc3)[nH]2)c(C)c1. The Labute approximate surface area is 112 Å². The van der Waals surface area contributed by atoms with E-state index >= 15 is 0 Å². The summed E-state index contributed by atoms with van der Waals surface area (Å²) in [5.74, 6) is 0.899. The van der Waals surface area contributed by atoms with E-state index in [0.29, 0.717) is 0 Å². The maximum atomic E-state index is 4.47. The number of hydrogen-bond donors (Lipinski definition) is 1. The first-order chi connectivity index (χ1) is 9.24. The van der Waals surface area contributed by atoms with Crippen molar-refractivity contribution in [1.29, 1.82) is 0 Å². The third kappa shape index (κ3) is 2.27. The molecule has 94 valence electrons. The molecule has 1 aromatic carbocycles. The second-order valence-electron chi connectivity index (χ2n) is 4.71. The van der Waals surface area contributed by atoms with Crippen molar-refractivity contribution < 1.29 is 0 Å². The number of pyridine rings is 1. The molecule has 1 N–H and O–H groups in total. The average molecular weight is 249 g/mol. The summed E-state index contributed by atoms with van der Waals surface area (Å²) in [5.41, 5.74) is 5.67. The predicted octanol–water partition coefficient (Wildman–Crippen LogP) is 3.76. The van der Waals surface area contributed by atoms with Gasteiger partial charge in [0.05, 0.1) is 11.9 Å². The Balaban J connectivity index is 2.02. The zero-order valence-corrected chi connectivity index (χ0v) is 11.0. The molecule has 0 unspecified atom stereocenters. The van der Waals surface area contributed by atoms with Gasteiger partial charge in [-0.05, 0) is 31.5 Å². The molecule has 19 heavy (non-hydrogen) atoms. The number of H-pyrrole nitrogens is 1. The Morgan fingerprint density at radius 3 is 2.68 bits per heavy atom. The highest BCUT2D eigenvalue weighted by molar-refractivity contribution is 5.66. The molecule has 3 heteroatoms. The highest BCUT2D eigenvalue weighted by Gasteiger charge is 2.07. The topological polar surface area (TPSA) is 41.6 Å². The van der Waals surface area contributed by atoms with E-state index < -0.39 is 0 Å². The number of imidazole rings is 1. The lowest BCUT2D eigenvalue weighted by molar-refractivity contribution is 1.27. The summed E-state index contributed by atoms with van der Waals surface area (Å²) in [6.07, 6.45) is 5.45. The molecule has 0 spiro atoms. The van der Waals surface area contributed by atoms with Gasteiger partial charge >= 0.3 is 0 Å². The van der Waals surface area contributed by atoms with E-state index in [-0.39, 0.29) is 0 Å². The van der Waals surface area contributed by atoms with Gasteiger partial charge in [-0.15, -0.1) is 0 Å². The molecular weight excluding hydrogens is 234 g/mol. The zero-order chi connectivity index (χ0) is 13.2. The largest absolute Gasteiger partial charge is 0.338 e. The van der Waals surface area contributed by atoms with E-state index in [4.69, 9.17) is 0 Å². The van der Waals surface area contributed by atoms with Gasteiger partial charge in [0, 0.05) is 23.5 Å². The molecular formula is C16H15N3. The van der Waals surface area contributed by atoms with E-state index in [9.17, 15) is 0 Å². The average Bonchev–Trinajstić information content (AvgIpc) is 2.89. The molecule has 0 saturated heterocycles. The summed E-state index contributed by atoms with van der Waals surface area (Å²) >= 11 is 0. The fourth-order valence-electron chi connectivity index (χ4n) is 2.21. The van der Waals surface area contributed by atoms with Crippen LogP contribution in [0.1, 0.15) is 11.1 Å². The van der Waals surface area contributed by atoms with Crippen LogP contribution in [0.15, 0.2) is 48.9 Å². The van der Waals surface area contributed by atoms with E-state index in [1.807, 2.05) is 24.5 Å². The third-order valence-electron chi connectivity index (χ3n) is 3.19. The number of aryl methyl sites for hydroxylation is 2. The van der Waals surface area contributed by atoms with Gasteiger partial charge < -0.3 is 4.98 Å². The Hall–Kier alpha value is -2.42. The van der Waals surface area contributed by atoms with Crippen molar-refractivity contribution in [2.75, 3.05) is 0 Å². The van der Waals surface area contributed by atoms with Crippen LogP contribution < -0.4 is 0 Å². The van der Waals surface area contributed by atoms with Gasteiger partial charge in [0.1, 0.15) is 5.82 Å². The van der Waals surface area contributed by atoms with E-state index in [0.717, 1.165) is 22.6 Å². The summed E-state index contributed by atoms with van der Waals surface area (Å²) in [5, 5.41) is 0. The van der Waals surface area contributed by atoms with E-state index in [2.05, 4.69) is 47.0 Å². The second-order valence-corrected chi connectivity index (χ2v) is 4.71. The van der Waals surface area contributed by atoms with Gasteiger partial charge in [-0.1, -0.05) is 23.8 Å². The van der Waals surface area contributed by atoms with Crippen LogP contribution in [0.25, 0.3) is 22.6 Å². The smallest absolute Gasteiger partial charge is 0.138 e.